The molecule has 7 heteroatoms. The Morgan fingerprint density at radius 3 is 1.38 bits per heavy atom. The van der Waals surface area contributed by atoms with E-state index in [0.717, 1.165) is 96.2 Å². The monoisotopic (exact) mass is 844 g/mol. The maximum Gasteiger partial charge on any atom is 0.306 e. The zero-order valence-electron chi connectivity index (χ0n) is 41.0. The van der Waals surface area contributed by atoms with Gasteiger partial charge in [-0.3, -0.25) is 14.4 Å². The first-order valence-electron chi connectivity index (χ1n) is 26.4. The van der Waals surface area contributed by atoms with Crippen LogP contribution in [0.4, 0.5) is 11.4 Å². The molecule has 0 aliphatic rings. The van der Waals surface area contributed by atoms with E-state index < -0.39 is 0 Å². The van der Waals surface area contributed by atoms with Crippen LogP contribution < -0.4 is 21.1 Å². The van der Waals surface area contributed by atoms with E-state index in [1.54, 1.807) is 0 Å². The zero-order valence-corrected chi connectivity index (χ0v) is 41.0. The molecule has 0 bridgehead atoms. The highest BCUT2D eigenvalue weighted by atomic mass is 16.5. The van der Waals surface area contributed by atoms with Crippen LogP contribution in [-0.2, 0) is 9.53 Å². The lowest BCUT2D eigenvalue weighted by Gasteiger charge is -2.28. The van der Waals surface area contributed by atoms with Gasteiger partial charge in [-0.05, 0) is 77.9 Å². The van der Waals surface area contributed by atoms with Crippen LogP contribution >= 0.6 is 0 Å². The third-order valence-electron chi connectivity index (χ3n) is 12.9. The number of rotatable bonds is 46. The van der Waals surface area contributed by atoms with Gasteiger partial charge in [0, 0.05) is 26.1 Å². The molecule has 352 valence electrons. The largest absolute Gasteiger partial charge is 0.462 e. The molecule has 0 saturated carbocycles. The molecule has 0 spiro atoms. The van der Waals surface area contributed by atoms with Crippen LogP contribution in [-0.4, -0.2) is 57.2 Å². The van der Waals surface area contributed by atoms with E-state index >= 15 is 0 Å². The van der Waals surface area contributed by atoms with Crippen molar-refractivity contribution >= 4 is 17.3 Å². The molecule has 0 aliphatic carbocycles. The smallest absolute Gasteiger partial charge is 0.306 e. The van der Waals surface area contributed by atoms with Gasteiger partial charge in [0.25, 0.3) is 10.9 Å². The highest BCUT2D eigenvalue weighted by molar-refractivity contribution is 5.75. The highest BCUT2D eigenvalue weighted by Gasteiger charge is 2.25. The molecule has 60 heavy (non-hydrogen) atoms. The van der Waals surface area contributed by atoms with Crippen molar-refractivity contribution < 1.29 is 9.53 Å². The number of esters is 1. The molecule has 1 aromatic rings. The molecule has 1 rings (SSSR count). The van der Waals surface area contributed by atoms with Gasteiger partial charge in [-0.1, -0.05) is 201 Å². The van der Waals surface area contributed by atoms with Crippen LogP contribution in [0.3, 0.4) is 0 Å². The molecule has 0 amide bonds. The van der Waals surface area contributed by atoms with Gasteiger partial charge in [0.15, 0.2) is 0 Å². The van der Waals surface area contributed by atoms with Crippen molar-refractivity contribution in [2.45, 2.75) is 265 Å². The molecule has 0 fully saturated rings. The Morgan fingerprint density at radius 2 is 0.917 bits per heavy atom. The second-order valence-electron chi connectivity index (χ2n) is 19.0. The Balaban J connectivity index is 2.56. The molecule has 7 nitrogen and oxygen atoms in total. The second kappa shape index (κ2) is 39.9. The summed E-state index contributed by atoms with van der Waals surface area (Å²) in [6, 6.07) is 0. The molecule has 1 N–H and O–H groups in total. The van der Waals surface area contributed by atoms with Crippen molar-refractivity contribution in [1.82, 2.24) is 4.90 Å². The topological polar surface area (TPSA) is 79.0 Å². The number of hydrogen-bond acceptors (Lipinski definition) is 7. The summed E-state index contributed by atoms with van der Waals surface area (Å²) in [6.07, 6.45) is 43.7. The molecule has 0 aliphatic heterocycles. The number of nitrogens with zero attached hydrogens (tertiary/aromatic N) is 2. The van der Waals surface area contributed by atoms with Gasteiger partial charge in [-0.2, -0.15) is 0 Å². The normalized spacial score (nSPS) is 12.3. The van der Waals surface area contributed by atoms with Crippen LogP contribution in [0.2, 0.25) is 0 Å². The maximum atomic E-state index is 13.0. The number of carbonyl (C=O) groups excluding carboxylic acids is 1. The lowest BCUT2D eigenvalue weighted by Crippen LogP contribution is -2.43. The van der Waals surface area contributed by atoms with Gasteiger partial charge in [0.1, 0.15) is 17.5 Å². The van der Waals surface area contributed by atoms with Gasteiger partial charge in [-0.15, -0.1) is 0 Å². The summed E-state index contributed by atoms with van der Waals surface area (Å²) in [5, 5.41) is 3.33. The predicted molar refractivity (Wildman–Crippen MR) is 263 cm³/mol. The lowest BCUT2D eigenvalue weighted by molar-refractivity contribution is -0.150. The zero-order chi connectivity index (χ0) is 43.9. The fourth-order valence-electron chi connectivity index (χ4n) is 9.02. The van der Waals surface area contributed by atoms with Gasteiger partial charge in [-0.25, -0.2) is 0 Å². The van der Waals surface area contributed by atoms with Gasteiger partial charge in [0.05, 0.1) is 0 Å². The maximum absolute atomic E-state index is 13.0. The third-order valence-corrected chi connectivity index (χ3v) is 12.9. The minimum Gasteiger partial charge on any atom is -0.462 e. The van der Waals surface area contributed by atoms with Crippen LogP contribution in [0.1, 0.15) is 259 Å². The summed E-state index contributed by atoms with van der Waals surface area (Å²) in [6.45, 7) is 12.4. The highest BCUT2D eigenvalue weighted by Crippen LogP contribution is 2.25. The molecular formula is C53H101N3O4. The van der Waals surface area contributed by atoms with Crippen LogP contribution in [0, 0.1) is 5.92 Å². The SMILES string of the molecule is CCCCCCCCC(CCC)CCCCCCCN(CCCCCCCC(=O)OC(CCCCCCCC)CCCCCCCC)c1c(NCCCN(C)C)c(=O)c1=O. The van der Waals surface area contributed by atoms with Crippen molar-refractivity contribution in [3.8, 4) is 0 Å². The van der Waals surface area contributed by atoms with E-state index in [0.29, 0.717) is 24.3 Å². The minimum atomic E-state index is -0.351. The molecule has 0 heterocycles. The van der Waals surface area contributed by atoms with E-state index in [4.69, 9.17) is 4.74 Å². The summed E-state index contributed by atoms with van der Waals surface area (Å²) < 4.78 is 6.08. The van der Waals surface area contributed by atoms with E-state index in [1.807, 2.05) is 0 Å². The first-order valence-corrected chi connectivity index (χ1v) is 26.4. The van der Waals surface area contributed by atoms with E-state index in [1.165, 1.54) is 154 Å². The average Bonchev–Trinajstić information content (AvgIpc) is 3.23. The van der Waals surface area contributed by atoms with Gasteiger partial charge in [0.2, 0.25) is 0 Å². The fraction of sp³-hybridized carbons (Fsp3) is 0.906. The van der Waals surface area contributed by atoms with Gasteiger partial charge >= 0.3 is 5.97 Å². The predicted octanol–water partition coefficient (Wildman–Crippen LogP) is 14.7. The number of hydrogen-bond donors (Lipinski definition) is 1. The quantitative estimate of drug-likeness (QED) is 0.0398. The molecular weight excluding hydrogens is 743 g/mol. The Bertz CT molecular complexity index is 1160. The molecule has 0 saturated heterocycles. The lowest BCUT2D eigenvalue weighted by atomic mass is 9.90. The van der Waals surface area contributed by atoms with E-state index in [-0.39, 0.29) is 22.9 Å². The number of nitrogens with one attached hydrogen (secondary N) is 1. The summed E-state index contributed by atoms with van der Waals surface area (Å²) in [5.74, 6) is 0.887. The van der Waals surface area contributed by atoms with Crippen molar-refractivity contribution in [1.29, 1.82) is 0 Å². The Labute approximate surface area is 372 Å². The first kappa shape index (κ1) is 56.1. The van der Waals surface area contributed by atoms with Crippen molar-refractivity contribution in [3.63, 3.8) is 0 Å². The molecule has 1 aromatic carbocycles. The van der Waals surface area contributed by atoms with Crippen LogP contribution in [0.15, 0.2) is 9.59 Å². The number of anilines is 2. The Morgan fingerprint density at radius 1 is 0.483 bits per heavy atom. The van der Waals surface area contributed by atoms with Gasteiger partial charge < -0.3 is 19.9 Å². The van der Waals surface area contributed by atoms with Crippen LogP contribution in [0.25, 0.3) is 0 Å². The van der Waals surface area contributed by atoms with E-state index in [9.17, 15) is 14.4 Å². The summed E-state index contributed by atoms with van der Waals surface area (Å²) in [4.78, 5) is 43.0. The fourth-order valence-corrected chi connectivity index (χ4v) is 9.02. The average molecular weight is 844 g/mol. The number of carbonyl (C=O) groups is 1. The summed E-state index contributed by atoms with van der Waals surface area (Å²) in [5.41, 5.74) is 0.495. The van der Waals surface area contributed by atoms with Crippen molar-refractivity contribution in [2.75, 3.05) is 50.5 Å². The minimum absolute atomic E-state index is 0.0113. The van der Waals surface area contributed by atoms with Crippen molar-refractivity contribution in [2.24, 2.45) is 5.92 Å². The summed E-state index contributed by atoms with van der Waals surface area (Å²) >= 11 is 0. The van der Waals surface area contributed by atoms with Crippen LogP contribution in [0.5, 0.6) is 0 Å². The standard InChI is InChI=1S/C53H101N3O4/c1-7-11-14-17-22-29-38-47(37-10-4)39-30-23-20-27-34-45-56(51-50(52(58)53(51)59)54-43-36-44-55(5)6)46-35-28-21-26-33-42-49(57)60-48(40-31-24-18-15-12-8-2)41-32-25-19-16-13-9-3/h47-48,54H,7-46H2,1-6H3. The Hall–Kier alpha value is -1.89. The molecule has 0 aromatic heterocycles. The van der Waals surface area contributed by atoms with Crippen molar-refractivity contribution in [3.05, 3.63) is 20.4 Å². The molecule has 1 unspecified atom stereocenters. The first-order chi connectivity index (χ1) is 29.3. The molecule has 0 radical (unpaired) electrons. The van der Waals surface area contributed by atoms with E-state index in [2.05, 4.69) is 56.9 Å². The number of ether oxygens (including phenoxy) is 1. The Kier molecular flexibility index (Phi) is 37.3. The second-order valence-corrected chi connectivity index (χ2v) is 19.0. The summed E-state index contributed by atoms with van der Waals surface area (Å²) in [7, 11) is 4.11. The molecule has 1 atom stereocenters. The number of unbranched alkanes of at least 4 members (excludes halogenated alkanes) is 23. The third kappa shape index (κ3) is 29.4.